The fourth-order valence-corrected chi connectivity index (χ4v) is 10.4. The second kappa shape index (κ2) is 3.94. The highest BCUT2D eigenvalue weighted by Gasteiger charge is 2.87. The molecule has 2 spiro atoms. The molecule has 0 N–H and O–H groups in total. The van der Waals surface area contributed by atoms with Gasteiger partial charge in [0, 0.05) is 22.6 Å². The first-order valence-electron chi connectivity index (χ1n) is 10.1. The molecule has 1 nitrogen and oxygen atoms in total. The molecule has 0 radical (unpaired) electrons. The van der Waals surface area contributed by atoms with Gasteiger partial charge in [0.15, 0.2) is 0 Å². The normalized spacial score (nSPS) is 73.3. The van der Waals surface area contributed by atoms with E-state index < -0.39 is 0 Å². The van der Waals surface area contributed by atoms with E-state index in [2.05, 4.69) is 0 Å². The molecular formula is C20H26Cl2O. The summed E-state index contributed by atoms with van der Waals surface area (Å²) >= 11 is 14.0. The van der Waals surface area contributed by atoms with Gasteiger partial charge in [-0.05, 0) is 86.9 Å². The summed E-state index contributed by atoms with van der Waals surface area (Å²) in [6.45, 7) is 0. The molecule has 9 rings (SSSR count). The number of epoxide rings is 1. The number of halogens is 2. The zero-order valence-corrected chi connectivity index (χ0v) is 15.1. The van der Waals surface area contributed by atoms with E-state index in [4.69, 9.17) is 27.9 Å². The fraction of sp³-hybridized carbons (Fsp3) is 1.00. The highest BCUT2D eigenvalue weighted by atomic mass is 35.5. The number of hydrogen-bond donors (Lipinski definition) is 0. The predicted octanol–water partition coefficient (Wildman–Crippen LogP) is 4.84. The van der Waals surface area contributed by atoms with Crippen molar-refractivity contribution in [2.45, 2.75) is 73.3 Å². The van der Waals surface area contributed by atoms with E-state index >= 15 is 0 Å². The molecule has 4 unspecified atom stereocenters. The summed E-state index contributed by atoms with van der Waals surface area (Å²) in [4.78, 5) is 0. The second-order valence-electron chi connectivity index (χ2n) is 10.3. The van der Waals surface area contributed by atoms with Gasteiger partial charge in [-0.15, -0.1) is 23.2 Å². The summed E-state index contributed by atoms with van der Waals surface area (Å²) in [7, 11) is 0. The highest BCUT2D eigenvalue weighted by molar-refractivity contribution is 6.21. The van der Waals surface area contributed by atoms with E-state index in [-0.39, 0.29) is 11.2 Å². The van der Waals surface area contributed by atoms with Crippen molar-refractivity contribution in [2.24, 2.45) is 47.3 Å². The van der Waals surface area contributed by atoms with Gasteiger partial charge < -0.3 is 4.74 Å². The van der Waals surface area contributed by atoms with Crippen molar-refractivity contribution >= 4 is 23.2 Å². The van der Waals surface area contributed by atoms with Crippen molar-refractivity contribution in [1.29, 1.82) is 0 Å². The zero-order chi connectivity index (χ0) is 15.1. The van der Waals surface area contributed by atoms with E-state index in [1.807, 2.05) is 0 Å². The first-order chi connectivity index (χ1) is 11.1. The molecule has 126 valence electrons. The minimum absolute atomic E-state index is 0.155. The Morgan fingerprint density at radius 1 is 0.609 bits per heavy atom. The molecule has 1 saturated heterocycles. The van der Waals surface area contributed by atoms with Crippen LogP contribution in [0.25, 0.3) is 0 Å². The standard InChI is InChI=1S/C20H26Cl2O/c21-17-11-1-9-3-13(7-11)19(15(17)5-9)20(23-19)14-4-10-2-12(8-14)18(22)16(20)6-10/h9-18H,1-8H2/t9-,10-,11+,12+,13-,14-,15+,16+,17?,18?,19?,20?/m0/s1. The maximum atomic E-state index is 7.02. The van der Waals surface area contributed by atoms with Gasteiger partial charge in [-0.2, -0.15) is 0 Å². The van der Waals surface area contributed by atoms with E-state index in [0.29, 0.717) is 22.6 Å². The Hall–Kier alpha value is 0.540. The molecule has 1 heterocycles. The van der Waals surface area contributed by atoms with Crippen molar-refractivity contribution in [1.82, 2.24) is 0 Å². The molecule has 0 aromatic carbocycles. The number of ether oxygens (including phenoxy) is 1. The van der Waals surface area contributed by atoms with Crippen LogP contribution >= 0.6 is 23.2 Å². The van der Waals surface area contributed by atoms with Crippen LogP contribution in [0.1, 0.15) is 51.4 Å². The Morgan fingerprint density at radius 3 is 1.57 bits per heavy atom. The van der Waals surface area contributed by atoms with Gasteiger partial charge in [0.05, 0.1) is 0 Å². The van der Waals surface area contributed by atoms with Gasteiger partial charge in [0.1, 0.15) is 11.2 Å². The number of hydrogen-bond acceptors (Lipinski definition) is 1. The molecule has 0 amide bonds. The molecule has 8 aliphatic carbocycles. The van der Waals surface area contributed by atoms with Crippen molar-refractivity contribution in [2.75, 3.05) is 0 Å². The quantitative estimate of drug-likeness (QED) is 0.448. The molecule has 8 saturated carbocycles. The van der Waals surface area contributed by atoms with E-state index in [1.54, 1.807) is 0 Å². The molecule has 8 bridgehead atoms. The van der Waals surface area contributed by atoms with Gasteiger partial charge in [-0.3, -0.25) is 0 Å². The Bertz CT molecular complexity index is 544. The van der Waals surface area contributed by atoms with Gasteiger partial charge >= 0.3 is 0 Å². The first kappa shape index (κ1) is 13.7. The summed E-state index contributed by atoms with van der Waals surface area (Å²) in [5.41, 5.74) is 0.311. The molecule has 12 atom stereocenters. The van der Waals surface area contributed by atoms with Gasteiger partial charge in [-0.1, -0.05) is 0 Å². The third-order valence-electron chi connectivity index (χ3n) is 9.75. The van der Waals surface area contributed by atoms with Gasteiger partial charge in [0.25, 0.3) is 0 Å². The summed E-state index contributed by atoms with van der Waals surface area (Å²) in [6, 6.07) is 0. The average Bonchev–Trinajstić information content (AvgIpc) is 3.22. The first-order valence-corrected chi connectivity index (χ1v) is 11.0. The van der Waals surface area contributed by atoms with Crippen molar-refractivity contribution < 1.29 is 4.74 Å². The minimum atomic E-state index is 0.155. The van der Waals surface area contributed by atoms with Gasteiger partial charge in [-0.25, -0.2) is 0 Å². The number of rotatable bonds is 0. The summed E-state index contributed by atoms with van der Waals surface area (Å²) in [5, 5.41) is 0.765. The Kier molecular flexibility index (Phi) is 2.35. The topological polar surface area (TPSA) is 12.5 Å². The summed E-state index contributed by atoms with van der Waals surface area (Å²) < 4.78 is 7.02. The van der Waals surface area contributed by atoms with Crippen LogP contribution in [-0.2, 0) is 4.74 Å². The lowest BCUT2D eigenvalue weighted by molar-refractivity contribution is -0.0706. The average molecular weight is 353 g/mol. The Morgan fingerprint density at radius 2 is 1.09 bits per heavy atom. The largest absolute Gasteiger partial charge is 0.361 e. The van der Waals surface area contributed by atoms with Crippen LogP contribution in [0.4, 0.5) is 0 Å². The lowest BCUT2D eigenvalue weighted by atomic mass is 9.42. The molecule has 3 heteroatoms. The second-order valence-corrected chi connectivity index (χ2v) is 11.3. The Balaban J connectivity index is 1.36. The smallest absolute Gasteiger partial charge is 0.106 e. The maximum Gasteiger partial charge on any atom is 0.106 e. The molecule has 0 aromatic heterocycles. The van der Waals surface area contributed by atoms with Gasteiger partial charge in [0.2, 0.25) is 0 Å². The van der Waals surface area contributed by atoms with Crippen LogP contribution in [-0.4, -0.2) is 22.0 Å². The molecule has 0 aromatic rings. The number of alkyl halides is 2. The molecular weight excluding hydrogens is 327 g/mol. The minimum Gasteiger partial charge on any atom is -0.361 e. The summed E-state index contributed by atoms with van der Waals surface area (Å²) in [5.74, 6) is 6.37. The zero-order valence-electron chi connectivity index (χ0n) is 13.6. The fourth-order valence-electron chi connectivity index (χ4n) is 9.43. The summed E-state index contributed by atoms with van der Waals surface area (Å²) in [6.07, 6.45) is 11.1. The molecule has 23 heavy (non-hydrogen) atoms. The predicted molar refractivity (Wildman–Crippen MR) is 90.7 cm³/mol. The third-order valence-corrected chi connectivity index (χ3v) is 11.1. The van der Waals surface area contributed by atoms with Crippen molar-refractivity contribution in [3.63, 3.8) is 0 Å². The van der Waals surface area contributed by atoms with E-state index in [9.17, 15) is 0 Å². The van der Waals surface area contributed by atoms with Crippen LogP contribution < -0.4 is 0 Å². The molecule has 1 aliphatic heterocycles. The molecule has 9 fully saturated rings. The Labute approximate surface area is 148 Å². The van der Waals surface area contributed by atoms with E-state index in [1.165, 1.54) is 51.4 Å². The monoisotopic (exact) mass is 352 g/mol. The van der Waals surface area contributed by atoms with Crippen LogP contribution in [0.3, 0.4) is 0 Å². The molecule has 9 aliphatic rings. The van der Waals surface area contributed by atoms with Crippen molar-refractivity contribution in [3.05, 3.63) is 0 Å². The lowest BCUT2D eigenvalue weighted by Crippen LogP contribution is -2.65. The van der Waals surface area contributed by atoms with E-state index in [0.717, 1.165) is 35.5 Å². The third kappa shape index (κ3) is 1.30. The van der Waals surface area contributed by atoms with Crippen LogP contribution in [0.15, 0.2) is 0 Å². The van der Waals surface area contributed by atoms with Crippen molar-refractivity contribution in [3.8, 4) is 0 Å². The van der Waals surface area contributed by atoms with Crippen LogP contribution in [0.5, 0.6) is 0 Å². The maximum absolute atomic E-state index is 7.02. The van der Waals surface area contributed by atoms with Crippen LogP contribution in [0, 0.1) is 47.3 Å². The lowest BCUT2D eigenvalue weighted by Gasteiger charge is -2.61. The van der Waals surface area contributed by atoms with Crippen LogP contribution in [0.2, 0.25) is 0 Å². The SMILES string of the molecule is ClC1[C@@H]2C[C@H]3C[C@@H](C2)C2(OC24[C@H]2C[C@@H]5C[C@H](C2)C(Cl)[C@H]4C5)[C@@H]1C3. The highest BCUT2D eigenvalue weighted by Crippen LogP contribution is 2.80.